The van der Waals surface area contributed by atoms with Crippen LogP contribution in [0, 0.1) is 19.0 Å². The molecule has 12 rings (SSSR count). The van der Waals surface area contributed by atoms with Crippen LogP contribution in [0.15, 0.2) is 192 Å². The summed E-state index contributed by atoms with van der Waals surface area (Å²) in [6.45, 7) is -7.92. The first-order valence-electron chi connectivity index (χ1n) is 33.0. The fourth-order valence-electron chi connectivity index (χ4n) is 9.99. The normalized spacial score (nSPS) is 16.1. The molecule has 3 aromatic heterocycles. The Kier molecular flexibility index (Phi) is 9.67. The number of para-hydroxylation sites is 6. The zero-order valence-electron chi connectivity index (χ0n) is 58.6. The van der Waals surface area contributed by atoms with Gasteiger partial charge in [-0.05, 0) is 105 Å². The smallest absolute Gasteiger partial charge is 0.120 e. The number of benzene rings is 9. The van der Waals surface area contributed by atoms with Gasteiger partial charge >= 0.3 is 0 Å². The predicted octanol–water partition coefficient (Wildman–Crippen LogP) is 19.0. The van der Waals surface area contributed by atoms with Crippen LogP contribution in [0.2, 0.25) is 0 Å². The summed E-state index contributed by atoms with van der Waals surface area (Å²) in [5.74, 6) is -5.70. The van der Waals surface area contributed by atoms with E-state index in [0.29, 0.717) is 17.4 Å². The van der Waals surface area contributed by atoms with Gasteiger partial charge < -0.3 is 13.6 Å². The quantitative estimate of drug-likeness (QED) is 0.128. The van der Waals surface area contributed by atoms with E-state index in [4.69, 9.17) is 30.0 Å². The van der Waals surface area contributed by atoms with Crippen LogP contribution in [-0.4, -0.2) is 19.1 Å². The van der Waals surface area contributed by atoms with E-state index in [-0.39, 0.29) is 53.7 Å². The monoisotopic (exact) mass is 1170 g/mol. The Balaban J connectivity index is 0.000000204. The van der Waals surface area contributed by atoms with Gasteiger partial charge in [0.1, 0.15) is 5.58 Å². The molecule has 0 aliphatic heterocycles. The Labute approximate surface area is 479 Å². The molecule has 0 spiro atoms. The first-order chi connectivity index (χ1) is 42.8. The van der Waals surface area contributed by atoms with Crippen molar-refractivity contribution in [3.63, 3.8) is 0 Å². The van der Waals surface area contributed by atoms with Gasteiger partial charge in [-0.2, -0.15) is 0 Å². The fourth-order valence-corrected chi connectivity index (χ4v) is 9.99. The van der Waals surface area contributed by atoms with Crippen LogP contribution >= 0.6 is 0 Å². The van der Waals surface area contributed by atoms with Gasteiger partial charge in [0.2, 0.25) is 0 Å². The Morgan fingerprint density at radius 1 is 0.520 bits per heavy atom. The van der Waals surface area contributed by atoms with Crippen LogP contribution in [0.4, 0.5) is 0 Å². The summed E-state index contributed by atoms with van der Waals surface area (Å²) in [6.07, 6.45) is 0. The van der Waals surface area contributed by atoms with Gasteiger partial charge in [-0.3, -0.25) is 9.97 Å². The largest absolute Gasteiger partial charge is 0.501 e. The standard InChI is InChI=1S/C37H31N2O.C32H31N2.Ir/c1-23(2)30-21-26(25-13-6-5-7-14-25)22-31(24(3)4)35(30)39-33-19-10-9-18-32(33)38-37(39)29-17-12-16-28-27-15-8-11-20-34(27)40-36(28)29;1-21(2)26-14-11-15-27(22(3)4)31(26)34-30-17-10-9-16-29(30)33-32(34)25-19-18-23(5)28(20-25)24-12-7-6-8-13-24;/h5-16,18-24H,1-4H3;6-18,20-22H,1-5H3;/q2*-1;/i;1D3,2D3,3D3,4D3,5D3,21D,22D;. The summed E-state index contributed by atoms with van der Waals surface area (Å²) in [5.41, 5.74) is 9.60. The Hall–Kier alpha value is -7.63. The molecule has 12 aromatic rings. The van der Waals surface area contributed by atoms with E-state index in [1.54, 1.807) is 42.5 Å². The topological polar surface area (TPSA) is 48.8 Å². The van der Waals surface area contributed by atoms with Gasteiger partial charge in [0.25, 0.3) is 0 Å². The molecule has 0 fully saturated rings. The molecule has 0 unspecified atom stereocenters. The number of hydrogen-bond donors (Lipinski definition) is 0. The van der Waals surface area contributed by atoms with Crippen LogP contribution in [0.25, 0.3) is 100 Å². The third-order valence-corrected chi connectivity index (χ3v) is 13.5. The van der Waals surface area contributed by atoms with E-state index in [1.807, 2.05) is 18.2 Å². The minimum atomic E-state index is -3.61. The van der Waals surface area contributed by atoms with Gasteiger partial charge in [0.15, 0.2) is 0 Å². The zero-order valence-corrected chi connectivity index (χ0v) is 44.0. The summed E-state index contributed by atoms with van der Waals surface area (Å²) >= 11 is 0. The maximum absolute atomic E-state index is 9.18. The van der Waals surface area contributed by atoms with E-state index >= 15 is 0 Å². The Morgan fingerprint density at radius 3 is 1.68 bits per heavy atom. The van der Waals surface area contributed by atoms with Crippen molar-refractivity contribution in [3.05, 3.63) is 228 Å². The zero-order chi connectivity index (χ0) is 65.5. The van der Waals surface area contributed by atoms with Gasteiger partial charge in [0, 0.05) is 60.2 Å². The maximum atomic E-state index is 9.18. The van der Waals surface area contributed by atoms with E-state index in [9.17, 15) is 2.74 Å². The molecule has 0 aliphatic carbocycles. The number of hydrogen-bond acceptors (Lipinski definition) is 3. The summed E-state index contributed by atoms with van der Waals surface area (Å²) in [5, 5.41) is 2.18. The first kappa shape index (κ1) is 34.0. The van der Waals surface area contributed by atoms with Gasteiger partial charge in [-0.15, -0.1) is 47.5 Å². The van der Waals surface area contributed by atoms with Gasteiger partial charge in [-0.1, -0.05) is 200 Å². The Morgan fingerprint density at radius 2 is 1.07 bits per heavy atom. The molecule has 5 nitrogen and oxygen atoms in total. The molecular weight excluding hydrogens is 1090 g/mol. The van der Waals surface area contributed by atoms with Crippen molar-refractivity contribution in [2.75, 3.05) is 0 Å². The summed E-state index contributed by atoms with van der Waals surface area (Å²) in [6, 6.07) is 62.8. The number of rotatable bonds is 10. The first-order valence-corrected chi connectivity index (χ1v) is 24.5. The molecule has 0 saturated heterocycles. The predicted molar refractivity (Wildman–Crippen MR) is 310 cm³/mol. The van der Waals surface area contributed by atoms with E-state index in [1.165, 1.54) is 52.2 Å². The van der Waals surface area contributed by atoms with Gasteiger partial charge in [-0.25, -0.2) is 0 Å². The molecule has 9 aromatic carbocycles. The van der Waals surface area contributed by atoms with Crippen LogP contribution in [-0.2, 0) is 20.1 Å². The molecule has 375 valence electrons. The van der Waals surface area contributed by atoms with Crippen molar-refractivity contribution in [2.45, 2.75) is 85.6 Å². The SMILES string of the molecule is CC(C)c1cc(-c2ccccc2)cc(C(C)C)c1-n1c(-c2[c-]ccc3c2oc2ccccc23)nc2ccccc21.[2H]C([2H])([2H])c1c[c-]c(-c2nc3ccccc3n2-c2c(C([2H])(C([2H])([2H])[2H])C([2H])([2H])[2H])cccc2C([2H])(C([2H])([2H])[2H])C([2H])([2H])[2H])cc1-c1ccccc1.[Ir]. The molecule has 0 saturated carbocycles. The van der Waals surface area contributed by atoms with Crippen LogP contribution in [0.3, 0.4) is 0 Å². The number of nitrogens with zero attached hydrogens (tertiary/aromatic N) is 4. The summed E-state index contributed by atoms with van der Waals surface area (Å²) in [4.78, 5) is 9.92. The van der Waals surface area contributed by atoms with Crippen molar-refractivity contribution in [3.8, 4) is 56.4 Å². The molecule has 6 heteroatoms. The summed E-state index contributed by atoms with van der Waals surface area (Å²) < 4.78 is 152. The van der Waals surface area contributed by atoms with E-state index in [2.05, 4.69) is 134 Å². The van der Waals surface area contributed by atoms with E-state index in [0.717, 1.165) is 67.1 Å². The van der Waals surface area contributed by atoms with Crippen molar-refractivity contribution >= 4 is 44.0 Å². The maximum Gasteiger partial charge on any atom is 0.120 e. The number of imidazole rings is 2. The second kappa shape index (κ2) is 21.3. The molecule has 75 heavy (non-hydrogen) atoms. The van der Waals surface area contributed by atoms with Crippen molar-refractivity contribution in [2.24, 2.45) is 0 Å². The molecule has 0 amide bonds. The van der Waals surface area contributed by atoms with Crippen LogP contribution < -0.4 is 0 Å². The fraction of sp³-hybridized carbons (Fsp3) is 0.188. The second-order valence-corrected chi connectivity index (χ2v) is 18.9. The molecule has 1 radical (unpaired) electrons. The number of aromatic nitrogens is 4. The molecule has 0 N–H and O–H groups in total. The van der Waals surface area contributed by atoms with Crippen molar-refractivity contribution < 1.29 is 47.8 Å². The van der Waals surface area contributed by atoms with Crippen LogP contribution in [0.5, 0.6) is 0 Å². The average Bonchev–Trinajstić information content (AvgIpc) is 0.930. The summed E-state index contributed by atoms with van der Waals surface area (Å²) in [7, 11) is 0. The van der Waals surface area contributed by atoms with Gasteiger partial charge in [0.05, 0.1) is 39.3 Å². The number of furan rings is 1. The molecular formula is C69H62IrN4O-2. The average molecular weight is 1170 g/mol. The van der Waals surface area contributed by atoms with E-state index < -0.39 is 62.9 Å². The Bertz CT molecular complexity index is 4580. The third kappa shape index (κ3) is 9.47. The van der Waals surface area contributed by atoms with Crippen molar-refractivity contribution in [1.82, 2.24) is 19.1 Å². The minimum absolute atomic E-state index is 0. The second-order valence-electron chi connectivity index (χ2n) is 18.9. The van der Waals surface area contributed by atoms with Crippen molar-refractivity contribution in [1.29, 1.82) is 0 Å². The minimum Gasteiger partial charge on any atom is -0.501 e. The molecule has 0 aliphatic rings. The molecule has 0 bridgehead atoms. The molecule has 0 atom stereocenters. The number of aryl methyl sites for hydroxylation is 1. The molecule has 3 heterocycles. The third-order valence-electron chi connectivity index (χ3n) is 13.5. The number of fused-ring (bicyclic) bond motifs is 5. The van der Waals surface area contributed by atoms with Crippen LogP contribution in [0.1, 0.15) is 130 Å².